The molecule has 0 saturated carbocycles. The highest BCUT2D eigenvalue weighted by atomic mass is 35.5. The number of benzene rings is 1. The van der Waals surface area contributed by atoms with Crippen molar-refractivity contribution in [1.29, 1.82) is 0 Å². The summed E-state index contributed by atoms with van der Waals surface area (Å²) in [5.41, 5.74) is 0.827. The highest BCUT2D eigenvalue weighted by Crippen LogP contribution is 2.25. The molecule has 0 spiro atoms. The van der Waals surface area contributed by atoms with Crippen molar-refractivity contribution in [3.05, 3.63) is 57.8 Å². The van der Waals surface area contributed by atoms with E-state index in [9.17, 15) is 9.59 Å². The molecule has 1 aliphatic heterocycles. The molecule has 136 valence electrons. The third-order valence-electron chi connectivity index (χ3n) is 4.27. The molecule has 7 heteroatoms. The largest absolute Gasteiger partial charge is 0.337 e. The van der Waals surface area contributed by atoms with Gasteiger partial charge in [-0.05, 0) is 43.2 Å². The van der Waals surface area contributed by atoms with Crippen molar-refractivity contribution in [3.63, 3.8) is 0 Å². The number of hydrogen-bond donors (Lipinski definition) is 1. The minimum Gasteiger partial charge on any atom is -0.337 e. The SMILES string of the molecule is O=C(Nc1cc(Cl)ccc1Cl)c1cccc(C(=O)N2CCCCCC2)n1. The number of halogens is 2. The number of nitrogens with one attached hydrogen (secondary N) is 1. The Bertz CT molecular complexity index is 818. The molecule has 0 bridgehead atoms. The van der Waals surface area contributed by atoms with Gasteiger partial charge in [0.15, 0.2) is 0 Å². The highest BCUT2D eigenvalue weighted by Gasteiger charge is 2.20. The summed E-state index contributed by atoms with van der Waals surface area (Å²) in [5, 5.41) is 3.52. The zero-order chi connectivity index (χ0) is 18.5. The Morgan fingerprint density at radius 3 is 2.38 bits per heavy atom. The maximum absolute atomic E-state index is 12.7. The van der Waals surface area contributed by atoms with Crippen LogP contribution in [0.4, 0.5) is 5.69 Å². The van der Waals surface area contributed by atoms with Crippen LogP contribution in [0.2, 0.25) is 10.0 Å². The Hall–Kier alpha value is -2.11. The van der Waals surface area contributed by atoms with Crippen LogP contribution in [-0.4, -0.2) is 34.8 Å². The topological polar surface area (TPSA) is 62.3 Å². The van der Waals surface area contributed by atoms with Gasteiger partial charge in [0.25, 0.3) is 11.8 Å². The van der Waals surface area contributed by atoms with Crippen LogP contribution >= 0.6 is 23.2 Å². The van der Waals surface area contributed by atoms with Crippen molar-refractivity contribution >= 4 is 40.7 Å². The fourth-order valence-electron chi connectivity index (χ4n) is 2.90. The third-order valence-corrected chi connectivity index (χ3v) is 4.84. The molecule has 26 heavy (non-hydrogen) atoms. The quantitative estimate of drug-likeness (QED) is 0.827. The molecule has 0 unspecified atom stereocenters. The summed E-state index contributed by atoms with van der Waals surface area (Å²) < 4.78 is 0. The molecule has 1 N–H and O–H groups in total. The van der Waals surface area contributed by atoms with E-state index in [0.717, 1.165) is 38.8 Å². The number of carbonyl (C=O) groups excluding carboxylic acids is 2. The van der Waals surface area contributed by atoms with E-state index in [1.165, 1.54) is 0 Å². The maximum atomic E-state index is 12.7. The van der Waals surface area contributed by atoms with E-state index in [0.29, 0.717) is 15.7 Å². The number of pyridine rings is 1. The minimum atomic E-state index is -0.445. The predicted octanol–water partition coefficient (Wildman–Crippen LogP) is 4.66. The second kappa shape index (κ2) is 8.52. The standard InChI is InChI=1S/C19H19Cl2N3O2/c20-13-8-9-14(21)17(12-13)23-18(25)15-6-5-7-16(22-15)19(26)24-10-3-1-2-4-11-24/h5-9,12H,1-4,10-11H2,(H,23,25). The van der Waals surface area contributed by atoms with E-state index in [1.807, 2.05) is 4.90 Å². The van der Waals surface area contributed by atoms with Crippen LogP contribution in [0.25, 0.3) is 0 Å². The second-order valence-corrected chi connectivity index (χ2v) is 7.04. The Kier molecular flexibility index (Phi) is 6.12. The van der Waals surface area contributed by atoms with Crippen LogP contribution in [0.3, 0.4) is 0 Å². The van der Waals surface area contributed by atoms with Crippen LogP contribution < -0.4 is 5.32 Å². The van der Waals surface area contributed by atoms with E-state index in [1.54, 1.807) is 36.4 Å². The highest BCUT2D eigenvalue weighted by molar-refractivity contribution is 6.35. The van der Waals surface area contributed by atoms with E-state index in [-0.39, 0.29) is 17.3 Å². The lowest BCUT2D eigenvalue weighted by molar-refractivity contribution is 0.0755. The smallest absolute Gasteiger partial charge is 0.274 e. The van der Waals surface area contributed by atoms with Gasteiger partial charge in [0.05, 0.1) is 10.7 Å². The molecule has 3 rings (SSSR count). The molecule has 2 amide bonds. The summed E-state index contributed by atoms with van der Waals surface area (Å²) in [6, 6.07) is 9.66. The van der Waals surface area contributed by atoms with Crippen molar-refractivity contribution in [2.45, 2.75) is 25.7 Å². The maximum Gasteiger partial charge on any atom is 0.274 e. The van der Waals surface area contributed by atoms with Crippen LogP contribution in [0.15, 0.2) is 36.4 Å². The van der Waals surface area contributed by atoms with Gasteiger partial charge >= 0.3 is 0 Å². The van der Waals surface area contributed by atoms with Crippen molar-refractivity contribution in [2.75, 3.05) is 18.4 Å². The molecular formula is C19H19Cl2N3O2. The molecule has 0 aliphatic carbocycles. The molecule has 0 radical (unpaired) electrons. The van der Waals surface area contributed by atoms with E-state index in [2.05, 4.69) is 10.3 Å². The molecule has 1 aliphatic rings. The number of aromatic nitrogens is 1. The van der Waals surface area contributed by atoms with Crippen molar-refractivity contribution in [2.24, 2.45) is 0 Å². The predicted molar refractivity (Wildman–Crippen MR) is 103 cm³/mol. The van der Waals surface area contributed by atoms with Crippen molar-refractivity contribution < 1.29 is 9.59 Å². The molecule has 1 aromatic heterocycles. The molecular weight excluding hydrogens is 373 g/mol. The molecule has 1 fully saturated rings. The zero-order valence-electron chi connectivity index (χ0n) is 14.2. The van der Waals surface area contributed by atoms with Gasteiger partial charge in [-0.3, -0.25) is 9.59 Å². The number of carbonyl (C=O) groups is 2. The van der Waals surface area contributed by atoms with Gasteiger partial charge in [0, 0.05) is 18.1 Å². The Balaban J connectivity index is 1.76. The third kappa shape index (κ3) is 4.54. The normalized spacial score (nSPS) is 14.6. The summed E-state index contributed by atoms with van der Waals surface area (Å²) in [6.45, 7) is 1.46. The monoisotopic (exact) mass is 391 g/mol. The number of rotatable bonds is 3. The Morgan fingerprint density at radius 1 is 0.962 bits per heavy atom. The Morgan fingerprint density at radius 2 is 1.65 bits per heavy atom. The Labute approximate surface area is 162 Å². The first-order chi connectivity index (χ1) is 12.5. The molecule has 1 aromatic carbocycles. The summed E-state index contributed by atoms with van der Waals surface area (Å²) in [6.07, 6.45) is 4.28. The van der Waals surface area contributed by atoms with Crippen molar-refractivity contribution in [1.82, 2.24) is 9.88 Å². The van der Waals surface area contributed by atoms with Gasteiger partial charge in [-0.25, -0.2) is 4.98 Å². The van der Waals surface area contributed by atoms with E-state index >= 15 is 0 Å². The number of hydrogen-bond acceptors (Lipinski definition) is 3. The van der Waals surface area contributed by atoms with Crippen LogP contribution in [0, 0.1) is 0 Å². The number of amides is 2. The summed E-state index contributed by atoms with van der Waals surface area (Å²) >= 11 is 12.0. The first kappa shape index (κ1) is 18.7. The first-order valence-electron chi connectivity index (χ1n) is 8.57. The van der Waals surface area contributed by atoms with E-state index < -0.39 is 5.91 Å². The summed E-state index contributed by atoms with van der Waals surface area (Å²) in [4.78, 5) is 31.2. The minimum absolute atomic E-state index is 0.137. The average Bonchev–Trinajstić information content (AvgIpc) is 2.93. The lowest BCUT2D eigenvalue weighted by Crippen LogP contribution is -2.32. The van der Waals surface area contributed by atoms with Gasteiger partial charge in [-0.1, -0.05) is 42.1 Å². The van der Waals surface area contributed by atoms with Gasteiger partial charge < -0.3 is 10.2 Å². The second-order valence-electron chi connectivity index (χ2n) is 6.19. The molecule has 5 nitrogen and oxygen atoms in total. The van der Waals surface area contributed by atoms with Gasteiger partial charge in [0.1, 0.15) is 11.4 Å². The van der Waals surface area contributed by atoms with Crippen LogP contribution in [-0.2, 0) is 0 Å². The van der Waals surface area contributed by atoms with Gasteiger partial charge in [-0.2, -0.15) is 0 Å². The lowest BCUT2D eigenvalue weighted by Gasteiger charge is -2.19. The average molecular weight is 392 g/mol. The van der Waals surface area contributed by atoms with Crippen LogP contribution in [0.1, 0.15) is 46.7 Å². The fourth-order valence-corrected chi connectivity index (χ4v) is 3.23. The zero-order valence-corrected chi connectivity index (χ0v) is 15.7. The van der Waals surface area contributed by atoms with Crippen LogP contribution in [0.5, 0.6) is 0 Å². The van der Waals surface area contributed by atoms with E-state index in [4.69, 9.17) is 23.2 Å². The molecule has 2 heterocycles. The lowest BCUT2D eigenvalue weighted by atomic mass is 10.2. The number of likely N-dealkylation sites (tertiary alicyclic amines) is 1. The van der Waals surface area contributed by atoms with Gasteiger partial charge in [0.2, 0.25) is 0 Å². The molecule has 1 saturated heterocycles. The molecule has 2 aromatic rings. The number of nitrogens with zero attached hydrogens (tertiary/aromatic N) is 2. The number of anilines is 1. The van der Waals surface area contributed by atoms with Gasteiger partial charge in [-0.15, -0.1) is 0 Å². The first-order valence-corrected chi connectivity index (χ1v) is 9.33. The summed E-state index contributed by atoms with van der Waals surface area (Å²) in [5.74, 6) is -0.581. The summed E-state index contributed by atoms with van der Waals surface area (Å²) in [7, 11) is 0. The van der Waals surface area contributed by atoms with Crippen molar-refractivity contribution in [3.8, 4) is 0 Å². The fraction of sp³-hybridized carbons (Fsp3) is 0.316. The molecule has 0 atom stereocenters.